The number of para-hydroxylation sites is 2. The van der Waals surface area contributed by atoms with E-state index >= 15 is 0 Å². The van der Waals surface area contributed by atoms with Gasteiger partial charge in [0.1, 0.15) is 11.2 Å². The van der Waals surface area contributed by atoms with E-state index in [-0.39, 0.29) is 0 Å². The molecule has 0 radical (unpaired) electrons. The summed E-state index contributed by atoms with van der Waals surface area (Å²) in [5, 5.41) is 5.03. The lowest BCUT2D eigenvalue weighted by Crippen LogP contribution is -2.10. The Balaban J connectivity index is 1.73. The second-order valence-corrected chi connectivity index (χ2v) is 8.01. The van der Waals surface area contributed by atoms with Crippen LogP contribution in [0.25, 0.3) is 32.7 Å². The number of hydrogen-bond donors (Lipinski definition) is 0. The van der Waals surface area contributed by atoms with Crippen LogP contribution in [0.3, 0.4) is 0 Å². The Morgan fingerprint density at radius 1 is 0.613 bits per heavy atom. The van der Waals surface area contributed by atoms with Crippen molar-refractivity contribution in [2.45, 2.75) is 0 Å². The first-order valence-corrected chi connectivity index (χ1v) is 10.6. The molecule has 0 aliphatic heterocycles. The van der Waals surface area contributed by atoms with E-state index < -0.39 is 0 Å². The van der Waals surface area contributed by atoms with Crippen molar-refractivity contribution in [1.82, 2.24) is 0 Å². The number of hydrogen-bond acceptors (Lipinski definition) is 2. The minimum absolute atomic E-state index is 0.641. The van der Waals surface area contributed by atoms with Crippen molar-refractivity contribution in [3.8, 4) is 0 Å². The van der Waals surface area contributed by atoms with Crippen molar-refractivity contribution in [2.75, 3.05) is 4.90 Å². The standard InChI is InChI=1S/C28H18ClNO/c29-20-17-25(30(21-10-3-1-4-11-21)22-12-5-2-6-13-22)27-24-16-15-19-9-7-8-14-23(19)28(24)31-26(27)18-20/h1-18H. The molecule has 1 aromatic heterocycles. The molecule has 2 nitrogen and oxygen atoms in total. The molecular weight excluding hydrogens is 402 g/mol. The average Bonchev–Trinajstić information content (AvgIpc) is 3.19. The third-order valence-electron chi connectivity index (χ3n) is 5.68. The normalized spacial score (nSPS) is 11.4. The smallest absolute Gasteiger partial charge is 0.143 e. The van der Waals surface area contributed by atoms with Gasteiger partial charge in [-0.3, -0.25) is 0 Å². The lowest BCUT2D eigenvalue weighted by Gasteiger charge is -2.26. The van der Waals surface area contributed by atoms with Gasteiger partial charge in [0.15, 0.2) is 0 Å². The van der Waals surface area contributed by atoms with Crippen LogP contribution in [0.5, 0.6) is 0 Å². The summed E-state index contributed by atoms with van der Waals surface area (Å²) < 4.78 is 6.40. The number of furan rings is 1. The van der Waals surface area contributed by atoms with Crippen molar-refractivity contribution < 1.29 is 4.42 Å². The molecule has 6 rings (SSSR count). The highest BCUT2D eigenvalue weighted by Crippen LogP contribution is 2.45. The van der Waals surface area contributed by atoms with Crippen molar-refractivity contribution in [1.29, 1.82) is 0 Å². The lowest BCUT2D eigenvalue weighted by atomic mass is 10.0. The van der Waals surface area contributed by atoms with Crippen LogP contribution in [0.2, 0.25) is 5.02 Å². The first-order valence-electron chi connectivity index (χ1n) is 10.2. The Hall–Kier alpha value is -3.75. The summed E-state index contributed by atoms with van der Waals surface area (Å²) in [5.74, 6) is 0. The fourth-order valence-electron chi connectivity index (χ4n) is 4.34. The monoisotopic (exact) mass is 419 g/mol. The molecule has 0 N–H and O–H groups in total. The van der Waals surface area contributed by atoms with Crippen LogP contribution < -0.4 is 4.90 Å². The van der Waals surface area contributed by atoms with Gasteiger partial charge in [-0.05, 0) is 41.8 Å². The van der Waals surface area contributed by atoms with E-state index in [4.69, 9.17) is 16.0 Å². The van der Waals surface area contributed by atoms with E-state index in [0.29, 0.717) is 5.02 Å². The van der Waals surface area contributed by atoms with Crippen LogP contribution in [-0.4, -0.2) is 0 Å². The second-order valence-electron chi connectivity index (χ2n) is 7.57. The predicted molar refractivity (Wildman–Crippen MR) is 131 cm³/mol. The fraction of sp³-hybridized carbons (Fsp3) is 0. The van der Waals surface area contributed by atoms with Gasteiger partial charge in [-0.15, -0.1) is 0 Å². The van der Waals surface area contributed by atoms with Crippen molar-refractivity contribution in [2.24, 2.45) is 0 Å². The van der Waals surface area contributed by atoms with Gasteiger partial charge in [-0.2, -0.15) is 0 Å². The highest BCUT2D eigenvalue weighted by Gasteiger charge is 2.20. The number of fused-ring (bicyclic) bond motifs is 5. The predicted octanol–water partition coefficient (Wildman–Crippen LogP) is 8.86. The van der Waals surface area contributed by atoms with Gasteiger partial charge in [0, 0.05) is 33.2 Å². The maximum atomic E-state index is 6.60. The number of nitrogens with zero attached hydrogens (tertiary/aromatic N) is 1. The SMILES string of the molecule is Clc1cc(N(c2ccccc2)c2ccccc2)c2c(c1)oc1c3ccccc3ccc12. The molecule has 5 aromatic carbocycles. The summed E-state index contributed by atoms with van der Waals surface area (Å²) in [6.45, 7) is 0. The van der Waals surface area contributed by atoms with Crippen LogP contribution in [0.4, 0.5) is 17.1 Å². The topological polar surface area (TPSA) is 16.4 Å². The highest BCUT2D eigenvalue weighted by molar-refractivity contribution is 6.33. The maximum absolute atomic E-state index is 6.60. The Bertz CT molecular complexity index is 1500. The molecule has 0 atom stereocenters. The first-order chi connectivity index (χ1) is 15.3. The number of halogens is 1. The molecule has 0 fully saturated rings. The van der Waals surface area contributed by atoms with Crippen LogP contribution in [0, 0.1) is 0 Å². The summed E-state index contributed by atoms with van der Waals surface area (Å²) in [7, 11) is 0. The molecule has 31 heavy (non-hydrogen) atoms. The van der Waals surface area contributed by atoms with Crippen LogP contribution in [0.15, 0.2) is 114 Å². The van der Waals surface area contributed by atoms with Gasteiger partial charge in [-0.25, -0.2) is 0 Å². The number of anilines is 3. The second kappa shape index (κ2) is 7.19. The molecule has 3 heteroatoms. The van der Waals surface area contributed by atoms with E-state index in [1.807, 2.05) is 60.7 Å². The first kappa shape index (κ1) is 18.1. The zero-order chi connectivity index (χ0) is 20.8. The zero-order valence-corrected chi connectivity index (χ0v) is 17.4. The van der Waals surface area contributed by atoms with E-state index in [9.17, 15) is 0 Å². The third kappa shape index (κ3) is 2.96. The van der Waals surface area contributed by atoms with Crippen LogP contribution in [-0.2, 0) is 0 Å². The van der Waals surface area contributed by atoms with Gasteiger partial charge in [0.25, 0.3) is 0 Å². The van der Waals surface area contributed by atoms with Gasteiger partial charge in [-0.1, -0.05) is 78.3 Å². The molecule has 0 aliphatic carbocycles. The van der Waals surface area contributed by atoms with E-state index in [0.717, 1.165) is 49.8 Å². The van der Waals surface area contributed by atoms with Crippen molar-refractivity contribution in [3.05, 3.63) is 114 Å². The van der Waals surface area contributed by atoms with Gasteiger partial charge in [0.05, 0.1) is 11.1 Å². The Kier molecular flexibility index (Phi) is 4.19. The maximum Gasteiger partial charge on any atom is 0.143 e. The number of benzene rings is 5. The van der Waals surface area contributed by atoms with Gasteiger partial charge in [0.2, 0.25) is 0 Å². The summed E-state index contributed by atoms with van der Waals surface area (Å²) in [6, 6.07) is 37.2. The quantitative estimate of drug-likeness (QED) is 0.284. The molecular formula is C28H18ClNO. The lowest BCUT2D eigenvalue weighted by molar-refractivity contribution is 0.673. The molecule has 6 aromatic rings. The summed E-state index contributed by atoms with van der Waals surface area (Å²) >= 11 is 6.60. The Morgan fingerprint density at radius 3 is 1.97 bits per heavy atom. The summed E-state index contributed by atoms with van der Waals surface area (Å²) in [6.07, 6.45) is 0. The summed E-state index contributed by atoms with van der Waals surface area (Å²) in [5.41, 5.74) is 4.79. The molecule has 1 heterocycles. The Morgan fingerprint density at radius 2 is 1.26 bits per heavy atom. The van der Waals surface area contributed by atoms with Gasteiger partial charge < -0.3 is 9.32 Å². The van der Waals surface area contributed by atoms with E-state index in [1.54, 1.807) is 0 Å². The zero-order valence-electron chi connectivity index (χ0n) is 16.6. The van der Waals surface area contributed by atoms with Crippen molar-refractivity contribution in [3.63, 3.8) is 0 Å². The largest absolute Gasteiger partial charge is 0.455 e. The molecule has 0 saturated heterocycles. The molecule has 0 saturated carbocycles. The van der Waals surface area contributed by atoms with E-state index in [1.165, 1.54) is 0 Å². The molecule has 0 unspecified atom stereocenters. The fourth-order valence-corrected chi connectivity index (χ4v) is 4.54. The average molecular weight is 420 g/mol. The highest BCUT2D eigenvalue weighted by atomic mass is 35.5. The summed E-state index contributed by atoms with van der Waals surface area (Å²) in [4.78, 5) is 2.23. The molecule has 148 valence electrons. The molecule has 0 bridgehead atoms. The minimum atomic E-state index is 0.641. The van der Waals surface area contributed by atoms with E-state index in [2.05, 4.69) is 53.4 Å². The third-order valence-corrected chi connectivity index (χ3v) is 5.89. The molecule has 0 spiro atoms. The van der Waals surface area contributed by atoms with Crippen LogP contribution in [0.1, 0.15) is 0 Å². The van der Waals surface area contributed by atoms with Crippen molar-refractivity contribution >= 4 is 61.4 Å². The molecule has 0 amide bonds. The number of rotatable bonds is 3. The van der Waals surface area contributed by atoms with Crippen LogP contribution >= 0.6 is 11.6 Å². The molecule has 0 aliphatic rings. The Labute approximate surface area is 184 Å². The minimum Gasteiger partial charge on any atom is -0.455 e. The van der Waals surface area contributed by atoms with Gasteiger partial charge >= 0.3 is 0 Å².